The van der Waals surface area contributed by atoms with Crippen LogP contribution in [0.15, 0.2) is 18.2 Å². The van der Waals surface area contributed by atoms with Crippen molar-refractivity contribution in [3.8, 4) is 5.75 Å². The molecule has 5 atom stereocenters. The molecule has 0 radical (unpaired) electrons. The van der Waals surface area contributed by atoms with Crippen molar-refractivity contribution < 1.29 is 39.7 Å². The summed E-state index contributed by atoms with van der Waals surface area (Å²) in [5.41, 5.74) is -1.29. The lowest BCUT2D eigenvalue weighted by Crippen LogP contribution is -2.60. The molecule has 12 heteroatoms. The van der Waals surface area contributed by atoms with Crippen molar-refractivity contribution in [2.24, 2.45) is 0 Å². The zero-order chi connectivity index (χ0) is 18.0. The summed E-state index contributed by atoms with van der Waals surface area (Å²) in [7, 11) is 0. The summed E-state index contributed by atoms with van der Waals surface area (Å²) in [6, 6.07) is 2.56. The predicted molar refractivity (Wildman–Crippen MR) is 74.1 cm³/mol. The first-order chi connectivity index (χ1) is 11.3. The zero-order valence-electron chi connectivity index (χ0n) is 12.0. The Labute approximate surface area is 133 Å². The molecule has 4 N–H and O–H groups in total. The maximum atomic E-state index is 11.0. The number of aliphatic hydroxyl groups excluding tert-OH is 4. The highest BCUT2D eigenvalue weighted by Crippen LogP contribution is 2.33. The lowest BCUT2D eigenvalue weighted by molar-refractivity contribution is -0.395. The van der Waals surface area contributed by atoms with Gasteiger partial charge in [0.05, 0.1) is 22.5 Å². The molecule has 1 saturated heterocycles. The quantitative estimate of drug-likeness (QED) is 0.368. The van der Waals surface area contributed by atoms with Crippen LogP contribution in [0, 0.1) is 20.2 Å². The summed E-state index contributed by atoms with van der Waals surface area (Å²) in [6.07, 6.45) is -8.00. The van der Waals surface area contributed by atoms with Crippen LogP contribution < -0.4 is 4.74 Å². The molecule has 0 aromatic heterocycles. The second-order valence-corrected chi connectivity index (χ2v) is 4.98. The Kier molecular flexibility index (Phi) is 5.26. The standard InChI is InChI=1S/C12H14N2O10/c15-4-8-9(16)10(17)11(18)12(24-8)23-7-2-1-5(13(19)20)3-6(7)14(21)22/h1-3,8-12,15-18H,4H2/t8-,9+,10+,11-,12?/m1/s1. The SMILES string of the molecule is O=[N+]([O-])c1ccc(OC2O[C@H](CO)[C@H](O)[C@H](O)[C@H]2O)c([N+](=O)[O-])c1. The normalized spacial score (nSPS) is 29.9. The van der Waals surface area contributed by atoms with Gasteiger partial charge >= 0.3 is 5.69 Å². The minimum atomic E-state index is -1.77. The van der Waals surface area contributed by atoms with Crippen LogP contribution >= 0.6 is 0 Å². The molecule has 1 aliphatic rings. The molecule has 0 spiro atoms. The summed E-state index contributed by atoms with van der Waals surface area (Å²) in [5, 5.41) is 59.9. The molecule has 12 nitrogen and oxygen atoms in total. The third-order valence-electron chi connectivity index (χ3n) is 3.44. The molecule has 132 valence electrons. The number of aliphatic hydroxyl groups is 4. The number of nitro groups is 2. The molecule has 0 aliphatic carbocycles. The van der Waals surface area contributed by atoms with Gasteiger partial charge in [0.2, 0.25) is 12.0 Å². The monoisotopic (exact) mass is 346 g/mol. The minimum absolute atomic E-state index is 0.449. The highest BCUT2D eigenvalue weighted by molar-refractivity contribution is 5.53. The smallest absolute Gasteiger partial charge is 0.317 e. The molecular weight excluding hydrogens is 332 g/mol. The first-order valence-corrected chi connectivity index (χ1v) is 6.66. The fraction of sp³-hybridized carbons (Fsp3) is 0.500. The highest BCUT2D eigenvalue weighted by atomic mass is 16.7. The van der Waals surface area contributed by atoms with Gasteiger partial charge in [-0.25, -0.2) is 0 Å². The van der Waals surface area contributed by atoms with E-state index in [2.05, 4.69) is 0 Å². The summed E-state index contributed by atoms with van der Waals surface area (Å²) in [5.74, 6) is -0.449. The van der Waals surface area contributed by atoms with Crippen molar-refractivity contribution in [3.63, 3.8) is 0 Å². The Bertz CT molecular complexity index is 636. The Balaban J connectivity index is 2.29. The number of hydrogen-bond acceptors (Lipinski definition) is 10. The van der Waals surface area contributed by atoms with E-state index >= 15 is 0 Å². The van der Waals surface area contributed by atoms with E-state index in [1.165, 1.54) is 0 Å². The van der Waals surface area contributed by atoms with Gasteiger partial charge < -0.3 is 29.9 Å². The molecule has 24 heavy (non-hydrogen) atoms. The van der Waals surface area contributed by atoms with Crippen LogP contribution in [-0.4, -0.2) is 67.6 Å². The summed E-state index contributed by atoms with van der Waals surface area (Å²) in [4.78, 5) is 20.0. The molecular formula is C12H14N2O10. The second-order valence-electron chi connectivity index (χ2n) is 4.98. The lowest BCUT2D eigenvalue weighted by atomic mass is 9.99. The van der Waals surface area contributed by atoms with Crippen LogP contribution in [-0.2, 0) is 4.74 Å². The van der Waals surface area contributed by atoms with E-state index in [9.17, 15) is 35.5 Å². The average Bonchev–Trinajstić information content (AvgIpc) is 2.55. The number of nitrogens with zero attached hydrogens (tertiary/aromatic N) is 2. The van der Waals surface area contributed by atoms with Crippen molar-refractivity contribution in [3.05, 3.63) is 38.4 Å². The van der Waals surface area contributed by atoms with Crippen molar-refractivity contribution in [2.45, 2.75) is 30.7 Å². The van der Waals surface area contributed by atoms with Gasteiger partial charge in [0, 0.05) is 6.07 Å². The topological polar surface area (TPSA) is 186 Å². The number of hydrogen-bond donors (Lipinski definition) is 4. The van der Waals surface area contributed by atoms with Gasteiger partial charge in [0.1, 0.15) is 24.4 Å². The van der Waals surface area contributed by atoms with Crippen LogP contribution in [0.3, 0.4) is 0 Å². The Morgan fingerprint density at radius 2 is 1.75 bits per heavy atom. The van der Waals surface area contributed by atoms with E-state index in [1.807, 2.05) is 0 Å². The highest BCUT2D eigenvalue weighted by Gasteiger charge is 2.45. The molecule has 0 bridgehead atoms. The van der Waals surface area contributed by atoms with E-state index in [0.29, 0.717) is 6.07 Å². The minimum Gasteiger partial charge on any atom is -0.455 e. The van der Waals surface area contributed by atoms with Gasteiger partial charge in [0.15, 0.2) is 0 Å². The second kappa shape index (κ2) is 7.02. The number of non-ortho nitro benzene ring substituents is 1. The molecule has 2 rings (SSSR count). The van der Waals surface area contributed by atoms with Crippen LogP contribution in [0.25, 0.3) is 0 Å². The molecule has 1 unspecified atom stereocenters. The largest absolute Gasteiger partial charge is 0.455 e. The lowest BCUT2D eigenvalue weighted by Gasteiger charge is -2.39. The fourth-order valence-electron chi connectivity index (χ4n) is 2.15. The third kappa shape index (κ3) is 3.42. The maximum Gasteiger partial charge on any atom is 0.317 e. The third-order valence-corrected chi connectivity index (χ3v) is 3.44. The van der Waals surface area contributed by atoms with Crippen LogP contribution in [0.5, 0.6) is 5.75 Å². The van der Waals surface area contributed by atoms with Gasteiger partial charge in [-0.1, -0.05) is 0 Å². The van der Waals surface area contributed by atoms with Crippen LogP contribution in [0.2, 0.25) is 0 Å². The number of benzene rings is 1. The van der Waals surface area contributed by atoms with E-state index in [4.69, 9.17) is 14.6 Å². The van der Waals surface area contributed by atoms with E-state index in [0.717, 1.165) is 12.1 Å². The van der Waals surface area contributed by atoms with Gasteiger partial charge in [0.25, 0.3) is 5.69 Å². The Morgan fingerprint density at radius 1 is 1.08 bits per heavy atom. The van der Waals surface area contributed by atoms with E-state index in [1.54, 1.807) is 0 Å². The molecule has 1 fully saturated rings. The van der Waals surface area contributed by atoms with Gasteiger partial charge in [-0.3, -0.25) is 20.2 Å². The number of ether oxygens (including phenoxy) is 2. The molecule has 0 saturated carbocycles. The fourth-order valence-corrected chi connectivity index (χ4v) is 2.15. The van der Waals surface area contributed by atoms with E-state index in [-0.39, 0.29) is 0 Å². The molecule has 1 aromatic rings. The van der Waals surface area contributed by atoms with Crippen LogP contribution in [0.1, 0.15) is 0 Å². The van der Waals surface area contributed by atoms with Crippen LogP contribution in [0.4, 0.5) is 11.4 Å². The maximum absolute atomic E-state index is 11.0. The number of rotatable bonds is 5. The average molecular weight is 346 g/mol. The van der Waals surface area contributed by atoms with Crippen molar-refractivity contribution in [1.29, 1.82) is 0 Å². The van der Waals surface area contributed by atoms with Gasteiger partial charge in [-0.05, 0) is 6.07 Å². The Morgan fingerprint density at radius 3 is 2.29 bits per heavy atom. The summed E-state index contributed by atoms with van der Waals surface area (Å²) in [6.45, 7) is -0.701. The first-order valence-electron chi connectivity index (χ1n) is 6.66. The van der Waals surface area contributed by atoms with Gasteiger partial charge in [-0.15, -0.1) is 0 Å². The Hall–Kier alpha value is -2.38. The summed E-state index contributed by atoms with van der Waals surface area (Å²) >= 11 is 0. The first kappa shape index (κ1) is 18.0. The van der Waals surface area contributed by atoms with Crippen molar-refractivity contribution in [2.75, 3.05) is 6.61 Å². The molecule has 1 aromatic carbocycles. The molecule has 1 aliphatic heterocycles. The summed E-state index contributed by atoms with van der Waals surface area (Å²) < 4.78 is 10.2. The van der Waals surface area contributed by atoms with Gasteiger partial charge in [-0.2, -0.15) is 0 Å². The van der Waals surface area contributed by atoms with E-state index < -0.39 is 64.3 Å². The van der Waals surface area contributed by atoms with Crippen molar-refractivity contribution >= 4 is 11.4 Å². The zero-order valence-corrected chi connectivity index (χ0v) is 12.0. The molecule has 1 heterocycles. The van der Waals surface area contributed by atoms with Crippen molar-refractivity contribution in [1.82, 2.24) is 0 Å². The molecule has 0 amide bonds. The predicted octanol–water partition coefficient (Wildman–Crippen LogP) is -1.32. The number of nitro benzene ring substituents is 2.